The lowest BCUT2D eigenvalue weighted by atomic mass is 10.1. The van der Waals surface area contributed by atoms with E-state index < -0.39 is 10.0 Å². The van der Waals surface area contributed by atoms with Crippen molar-refractivity contribution in [3.63, 3.8) is 0 Å². The van der Waals surface area contributed by atoms with E-state index in [4.69, 9.17) is 0 Å². The third-order valence-corrected chi connectivity index (χ3v) is 4.23. The molecule has 146 valence electrons. The minimum absolute atomic E-state index is 0.163. The molecule has 0 spiro atoms. The van der Waals surface area contributed by atoms with Crippen LogP contribution in [0, 0.1) is 6.92 Å². The molecule has 2 aromatic carbocycles. The van der Waals surface area contributed by atoms with E-state index >= 15 is 0 Å². The number of ketones is 1. The molecule has 0 bridgehead atoms. The largest absolute Gasteiger partial charge is 0.294 e. The SMILES string of the molecule is CC.CC.CC.CC(=O)c1ccc(C)cc1NS(=O)(=O)c1ccccc1. The lowest BCUT2D eigenvalue weighted by Crippen LogP contribution is -2.15. The summed E-state index contributed by atoms with van der Waals surface area (Å²) >= 11 is 0. The molecule has 0 unspecified atom stereocenters. The van der Waals surface area contributed by atoms with Gasteiger partial charge in [0.2, 0.25) is 0 Å². The van der Waals surface area contributed by atoms with Gasteiger partial charge < -0.3 is 0 Å². The number of aryl methyl sites for hydroxylation is 1. The van der Waals surface area contributed by atoms with Crippen molar-refractivity contribution in [1.82, 2.24) is 0 Å². The Morgan fingerprint density at radius 2 is 1.35 bits per heavy atom. The zero-order valence-electron chi connectivity index (χ0n) is 17.3. The lowest BCUT2D eigenvalue weighted by Gasteiger charge is -2.12. The summed E-state index contributed by atoms with van der Waals surface area (Å²) < 4.78 is 27.0. The van der Waals surface area contributed by atoms with Gasteiger partial charge in [0.15, 0.2) is 5.78 Å². The molecule has 0 heterocycles. The van der Waals surface area contributed by atoms with Crippen LogP contribution in [0.15, 0.2) is 53.4 Å². The molecule has 0 aliphatic heterocycles. The molecule has 0 fully saturated rings. The second kappa shape index (κ2) is 14.1. The minimum Gasteiger partial charge on any atom is -0.294 e. The van der Waals surface area contributed by atoms with Crippen LogP contribution in [0.2, 0.25) is 0 Å². The first-order chi connectivity index (χ1) is 12.4. The average molecular weight is 380 g/mol. The molecule has 0 aliphatic rings. The van der Waals surface area contributed by atoms with E-state index in [1.807, 2.05) is 48.5 Å². The van der Waals surface area contributed by atoms with Crippen molar-refractivity contribution in [2.24, 2.45) is 0 Å². The molecular formula is C21H33NO3S. The van der Waals surface area contributed by atoms with Gasteiger partial charge in [-0.2, -0.15) is 0 Å². The molecule has 4 nitrogen and oxygen atoms in total. The van der Waals surface area contributed by atoms with Gasteiger partial charge in [0.05, 0.1) is 10.6 Å². The van der Waals surface area contributed by atoms with E-state index in [0.29, 0.717) is 11.3 Å². The van der Waals surface area contributed by atoms with Crippen LogP contribution in [-0.2, 0) is 10.0 Å². The summed E-state index contributed by atoms with van der Waals surface area (Å²) in [7, 11) is -3.69. The molecule has 26 heavy (non-hydrogen) atoms. The molecule has 0 aliphatic carbocycles. The number of hydrogen-bond acceptors (Lipinski definition) is 3. The predicted molar refractivity (Wildman–Crippen MR) is 112 cm³/mol. The number of carbonyl (C=O) groups is 1. The molecule has 0 saturated carbocycles. The van der Waals surface area contributed by atoms with Crippen LogP contribution >= 0.6 is 0 Å². The first-order valence-electron chi connectivity index (χ1n) is 9.09. The highest BCUT2D eigenvalue weighted by Gasteiger charge is 2.17. The van der Waals surface area contributed by atoms with Gasteiger partial charge in [0.1, 0.15) is 0 Å². The Hall–Kier alpha value is -2.14. The van der Waals surface area contributed by atoms with Crippen LogP contribution in [0.5, 0.6) is 0 Å². The van der Waals surface area contributed by atoms with Crippen molar-refractivity contribution >= 4 is 21.5 Å². The first kappa shape index (κ1) is 26.1. The van der Waals surface area contributed by atoms with Crippen molar-refractivity contribution < 1.29 is 13.2 Å². The topological polar surface area (TPSA) is 63.2 Å². The maximum atomic E-state index is 12.3. The second-order valence-corrected chi connectivity index (χ2v) is 6.21. The summed E-state index contributed by atoms with van der Waals surface area (Å²) in [5.74, 6) is -0.184. The van der Waals surface area contributed by atoms with Gasteiger partial charge in [-0.25, -0.2) is 8.42 Å². The molecule has 2 rings (SSSR count). The zero-order valence-corrected chi connectivity index (χ0v) is 18.1. The number of carbonyl (C=O) groups excluding carboxylic acids is 1. The van der Waals surface area contributed by atoms with Crippen molar-refractivity contribution in [3.05, 3.63) is 59.7 Å². The third-order valence-electron chi connectivity index (χ3n) is 2.85. The van der Waals surface area contributed by atoms with Gasteiger partial charge >= 0.3 is 0 Å². The van der Waals surface area contributed by atoms with Crippen molar-refractivity contribution in [2.75, 3.05) is 4.72 Å². The first-order valence-corrected chi connectivity index (χ1v) is 10.6. The van der Waals surface area contributed by atoms with Crippen LogP contribution in [0.3, 0.4) is 0 Å². The van der Waals surface area contributed by atoms with Crippen LogP contribution in [0.1, 0.15) is 64.4 Å². The monoisotopic (exact) mass is 379 g/mol. The summed E-state index contributed by atoms with van der Waals surface area (Å²) in [6.07, 6.45) is 0. The summed E-state index contributed by atoms with van der Waals surface area (Å²) in [4.78, 5) is 11.7. The number of benzene rings is 2. The number of anilines is 1. The molecule has 0 aromatic heterocycles. The van der Waals surface area contributed by atoms with Crippen LogP contribution in [0.4, 0.5) is 5.69 Å². The fraction of sp³-hybridized carbons (Fsp3) is 0.381. The highest BCUT2D eigenvalue weighted by Crippen LogP contribution is 2.22. The van der Waals surface area contributed by atoms with E-state index in [2.05, 4.69) is 4.72 Å². The highest BCUT2D eigenvalue weighted by molar-refractivity contribution is 7.92. The van der Waals surface area contributed by atoms with Gasteiger partial charge in [-0.05, 0) is 43.7 Å². The minimum atomic E-state index is -3.69. The van der Waals surface area contributed by atoms with E-state index in [-0.39, 0.29) is 10.7 Å². The Morgan fingerprint density at radius 3 is 1.81 bits per heavy atom. The molecular weight excluding hydrogens is 346 g/mol. The summed E-state index contributed by atoms with van der Waals surface area (Å²) in [5, 5.41) is 0. The summed E-state index contributed by atoms with van der Waals surface area (Å²) in [6, 6.07) is 13.1. The van der Waals surface area contributed by atoms with Crippen LogP contribution < -0.4 is 4.72 Å². The van der Waals surface area contributed by atoms with Crippen molar-refractivity contribution in [2.45, 2.75) is 60.3 Å². The number of sulfonamides is 1. The number of nitrogens with one attached hydrogen (secondary N) is 1. The Bertz CT molecular complexity index is 739. The highest BCUT2D eigenvalue weighted by atomic mass is 32.2. The summed E-state index contributed by atoms with van der Waals surface area (Å²) in [6.45, 7) is 15.2. The van der Waals surface area contributed by atoms with Gasteiger partial charge in [0.25, 0.3) is 10.0 Å². The van der Waals surface area contributed by atoms with Gasteiger partial charge in [-0.3, -0.25) is 9.52 Å². The lowest BCUT2D eigenvalue weighted by molar-refractivity contribution is 0.101. The van der Waals surface area contributed by atoms with Crippen LogP contribution in [0.25, 0.3) is 0 Å². The van der Waals surface area contributed by atoms with E-state index in [1.165, 1.54) is 19.1 Å². The molecule has 0 atom stereocenters. The normalized spacial score (nSPS) is 9.23. The fourth-order valence-corrected chi connectivity index (χ4v) is 2.94. The zero-order chi connectivity index (χ0) is 20.8. The van der Waals surface area contributed by atoms with E-state index in [9.17, 15) is 13.2 Å². The number of rotatable bonds is 4. The van der Waals surface area contributed by atoms with E-state index in [1.54, 1.807) is 36.4 Å². The smallest absolute Gasteiger partial charge is 0.261 e. The second-order valence-electron chi connectivity index (χ2n) is 4.52. The Kier molecular flexibility index (Phi) is 14.1. The van der Waals surface area contributed by atoms with Gasteiger partial charge in [-0.1, -0.05) is 65.8 Å². The number of hydrogen-bond donors (Lipinski definition) is 1. The fourth-order valence-electron chi connectivity index (χ4n) is 1.85. The molecule has 1 N–H and O–H groups in total. The molecule has 2 aromatic rings. The third kappa shape index (κ3) is 8.30. The number of Topliss-reactive ketones (excluding diaryl/α,β-unsaturated/α-hetero) is 1. The predicted octanol–water partition coefficient (Wildman–Crippen LogP) is 6.08. The molecule has 0 saturated heterocycles. The quantitative estimate of drug-likeness (QED) is 0.655. The molecule has 0 radical (unpaired) electrons. The molecule has 5 heteroatoms. The van der Waals surface area contributed by atoms with Crippen molar-refractivity contribution in [1.29, 1.82) is 0 Å². The van der Waals surface area contributed by atoms with Crippen molar-refractivity contribution in [3.8, 4) is 0 Å². The van der Waals surface area contributed by atoms with Gasteiger partial charge in [-0.15, -0.1) is 0 Å². The molecule has 0 amide bonds. The van der Waals surface area contributed by atoms with E-state index in [0.717, 1.165) is 5.56 Å². The maximum Gasteiger partial charge on any atom is 0.261 e. The van der Waals surface area contributed by atoms with Crippen LogP contribution in [-0.4, -0.2) is 14.2 Å². The Morgan fingerprint density at radius 1 is 0.846 bits per heavy atom. The summed E-state index contributed by atoms with van der Waals surface area (Å²) in [5.41, 5.74) is 1.54. The Labute approximate surface area is 159 Å². The van der Waals surface area contributed by atoms with Gasteiger partial charge in [0, 0.05) is 5.56 Å². The maximum absolute atomic E-state index is 12.3. The average Bonchev–Trinajstić information content (AvgIpc) is 2.67. The Balaban J connectivity index is 0. The standard InChI is InChI=1S/C15H15NO3S.3C2H6/c1-11-8-9-14(12(2)17)15(10-11)16-20(18,19)13-6-4-3-5-7-13;3*1-2/h3-10,16H,1-2H3;3*1-2H3.